The van der Waals surface area contributed by atoms with Gasteiger partial charge in [0.25, 0.3) is 5.91 Å². The largest absolute Gasteiger partial charge is 0.341 e. The highest BCUT2D eigenvalue weighted by Gasteiger charge is 2.32. The lowest BCUT2D eigenvalue weighted by molar-refractivity contribution is -0.137. The molecule has 2 aliphatic heterocycles. The Morgan fingerprint density at radius 3 is 2.88 bits per heavy atom. The number of aromatic nitrogens is 1. The number of aryl methyl sites for hydroxylation is 1. The number of piperidine rings is 1. The average molecular weight is 330 g/mol. The third-order valence-electron chi connectivity index (χ3n) is 4.60. The van der Waals surface area contributed by atoms with Crippen molar-refractivity contribution in [2.24, 2.45) is 5.92 Å². The fourth-order valence-corrected chi connectivity index (χ4v) is 3.26. The molecule has 1 aromatic rings. The molecule has 0 saturated carbocycles. The van der Waals surface area contributed by atoms with Crippen LogP contribution in [0.3, 0.4) is 0 Å². The van der Waals surface area contributed by atoms with Crippen LogP contribution in [0, 0.1) is 12.8 Å². The van der Waals surface area contributed by atoms with Crippen LogP contribution < -0.4 is 5.32 Å². The molecule has 0 radical (unpaired) electrons. The zero-order valence-corrected chi connectivity index (χ0v) is 13.8. The molecule has 0 bridgehead atoms. The Labute approximate surface area is 141 Å². The van der Waals surface area contributed by atoms with Crippen molar-refractivity contribution < 1.29 is 14.4 Å². The summed E-state index contributed by atoms with van der Waals surface area (Å²) in [6.45, 7) is 3.13. The SMILES string of the molecule is Cc1ccc(C[C@H]2CCCN(C(=O)CN3C(=O)CNC3=O)C2)cn1. The normalized spacial score (nSPS) is 21.1. The van der Waals surface area contributed by atoms with Crippen LogP contribution in [0.5, 0.6) is 0 Å². The first kappa shape index (κ1) is 16.4. The van der Waals surface area contributed by atoms with E-state index in [0.29, 0.717) is 19.0 Å². The molecule has 7 nitrogen and oxygen atoms in total. The van der Waals surface area contributed by atoms with Crippen molar-refractivity contribution in [2.75, 3.05) is 26.2 Å². The van der Waals surface area contributed by atoms with Crippen molar-refractivity contribution >= 4 is 17.8 Å². The molecular weight excluding hydrogens is 308 g/mol. The molecule has 2 aliphatic rings. The first-order chi connectivity index (χ1) is 11.5. The first-order valence-corrected chi connectivity index (χ1v) is 8.30. The highest BCUT2D eigenvalue weighted by atomic mass is 16.2. The molecule has 3 heterocycles. The number of hydrogen-bond acceptors (Lipinski definition) is 4. The number of rotatable bonds is 4. The zero-order valence-electron chi connectivity index (χ0n) is 13.8. The molecule has 0 aromatic carbocycles. The van der Waals surface area contributed by atoms with E-state index < -0.39 is 6.03 Å². The van der Waals surface area contributed by atoms with E-state index >= 15 is 0 Å². The highest BCUT2D eigenvalue weighted by Crippen LogP contribution is 2.21. The summed E-state index contributed by atoms with van der Waals surface area (Å²) in [6, 6.07) is 3.60. The third kappa shape index (κ3) is 3.72. The standard InChI is InChI=1S/C17H22N4O3/c1-12-4-5-13(8-18-12)7-14-3-2-6-20(10-14)16(23)11-21-15(22)9-19-17(21)24/h4-5,8,14H,2-3,6-7,9-11H2,1H3,(H,19,24)/t14-/m1/s1. The van der Waals surface area contributed by atoms with Gasteiger partial charge >= 0.3 is 6.03 Å². The summed E-state index contributed by atoms with van der Waals surface area (Å²) in [4.78, 5) is 42.7. The molecule has 0 spiro atoms. The van der Waals surface area contributed by atoms with E-state index in [4.69, 9.17) is 0 Å². The summed E-state index contributed by atoms with van der Waals surface area (Å²) in [5.74, 6) is -0.116. The minimum Gasteiger partial charge on any atom is -0.341 e. The van der Waals surface area contributed by atoms with E-state index in [1.807, 2.05) is 19.2 Å². The summed E-state index contributed by atoms with van der Waals surface area (Å²) >= 11 is 0. The molecule has 1 N–H and O–H groups in total. The number of nitrogens with one attached hydrogen (secondary N) is 1. The summed E-state index contributed by atoms with van der Waals surface area (Å²) in [6.07, 6.45) is 4.79. The average Bonchev–Trinajstić information content (AvgIpc) is 2.89. The smallest absolute Gasteiger partial charge is 0.325 e. The van der Waals surface area contributed by atoms with Crippen LogP contribution in [0.25, 0.3) is 0 Å². The Kier molecular flexibility index (Phi) is 4.78. The minimum absolute atomic E-state index is 0.0187. The van der Waals surface area contributed by atoms with Crippen LogP contribution in [0.1, 0.15) is 24.1 Å². The topological polar surface area (TPSA) is 82.6 Å². The maximum absolute atomic E-state index is 12.4. The maximum atomic E-state index is 12.4. The Morgan fingerprint density at radius 2 is 2.21 bits per heavy atom. The van der Waals surface area contributed by atoms with E-state index in [0.717, 1.165) is 29.9 Å². The van der Waals surface area contributed by atoms with Gasteiger partial charge in [-0.1, -0.05) is 6.07 Å². The van der Waals surface area contributed by atoms with Gasteiger partial charge in [0.05, 0.1) is 6.54 Å². The monoisotopic (exact) mass is 330 g/mol. The van der Waals surface area contributed by atoms with Gasteiger partial charge in [-0.2, -0.15) is 0 Å². The third-order valence-corrected chi connectivity index (χ3v) is 4.60. The second-order valence-electron chi connectivity index (χ2n) is 6.50. The van der Waals surface area contributed by atoms with Crippen molar-refractivity contribution in [1.29, 1.82) is 0 Å². The number of imide groups is 1. The van der Waals surface area contributed by atoms with Gasteiger partial charge in [-0.15, -0.1) is 0 Å². The predicted octanol–water partition coefficient (Wildman–Crippen LogP) is 0.723. The molecule has 1 atom stereocenters. The van der Waals surface area contributed by atoms with Crippen molar-refractivity contribution in [1.82, 2.24) is 20.1 Å². The number of likely N-dealkylation sites (tertiary alicyclic amines) is 1. The lowest BCUT2D eigenvalue weighted by atomic mass is 9.92. The zero-order chi connectivity index (χ0) is 17.1. The van der Waals surface area contributed by atoms with Crippen LogP contribution in [-0.4, -0.2) is 58.8 Å². The summed E-state index contributed by atoms with van der Waals surface area (Å²) in [5, 5.41) is 2.43. The van der Waals surface area contributed by atoms with E-state index in [1.165, 1.54) is 5.56 Å². The molecule has 0 aliphatic carbocycles. The number of carbonyl (C=O) groups excluding carboxylic acids is 3. The fraction of sp³-hybridized carbons (Fsp3) is 0.529. The summed E-state index contributed by atoms with van der Waals surface area (Å²) in [7, 11) is 0. The van der Waals surface area contributed by atoms with Crippen molar-refractivity contribution in [2.45, 2.75) is 26.2 Å². The van der Waals surface area contributed by atoms with E-state index in [-0.39, 0.29) is 24.9 Å². The summed E-state index contributed by atoms with van der Waals surface area (Å²) < 4.78 is 0. The molecular formula is C17H22N4O3. The number of carbonyl (C=O) groups is 3. The van der Waals surface area contributed by atoms with Crippen LogP contribution in [0.2, 0.25) is 0 Å². The Balaban J connectivity index is 1.56. The second kappa shape index (κ2) is 6.98. The van der Waals surface area contributed by atoms with Crippen LogP contribution in [-0.2, 0) is 16.0 Å². The quantitative estimate of drug-likeness (QED) is 0.825. The number of urea groups is 1. The lowest BCUT2D eigenvalue weighted by Gasteiger charge is -2.33. The van der Waals surface area contributed by atoms with E-state index in [9.17, 15) is 14.4 Å². The van der Waals surface area contributed by atoms with E-state index in [2.05, 4.69) is 16.4 Å². The number of hydrogen-bond donors (Lipinski definition) is 1. The molecule has 24 heavy (non-hydrogen) atoms. The van der Waals surface area contributed by atoms with Gasteiger partial charge in [0.15, 0.2) is 0 Å². The fourth-order valence-electron chi connectivity index (χ4n) is 3.26. The van der Waals surface area contributed by atoms with Gasteiger partial charge in [-0.25, -0.2) is 4.79 Å². The van der Waals surface area contributed by atoms with Crippen LogP contribution in [0.15, 0.2) is 18.3 Å². The molecule has 128 valence electrons. The van der Waals surface area contributed by atoms with Gasteiger partial charge in [0, 0.05) is 25.0 Å². The van der Waals surface area contributed by atoms with Gasteiger partial charge in [-0.3, -0.25) is 19.5 Å². The van der Waals surface area contributed by atoms with Crippen molar-refractivity contribution in [3.63, 3.8) is 0 Å². The molecule has 4 amide bonds. The maximum Gasteiger partial charge on any atom is 0.325 e. The molecule has 2 fully saturated rings. The Bertz CT molecular complexity index is 628. The number of amides is 4. The number of nitrogens with zero attached hydrogens (tertiary/aromatic N) is 3. The minimum atomic E-state index is -0.479. The van der Waals surface area contributed by atoms with Crippen LogP contribution >= 0.6 is 0 Å². The lowest BCUT2D eigenvalue weighted by Crippen LogP contribution is -2.47. The van der Waals surface area contributed by atoms with Crippen molar-refractivity contribution in [3.8, 4) is 0 Å². The first-order valence-electron chi connectivity index (χ1n) is 8.30. The highest BCUT2D eigenvalue weighted by molar-refractivity contribution is 6.04. The van der Waals surface area contributed by atoms with Crippen molar-refractivity contribution in [3.05, 3.63) is 29.6 Å². The second-order valence-corrected chi connectivity index (χ2v) is 6.50. The number of pyridine rings is 1. The molecule has 7 heteroatoms. The summed E-state index contributed by atoms with van der Waals surface area (Å²) in [5.41, 5.74) is 2.17. The molecule has 3 rings (SSSR count). The van der Waals surface area contributed by atoms with Gasteiger partial charge in [0.2, 0.25) is 5.91 Å². The molecule has 1 aromatic heterocycles. The van der Waals surface area contributed by atoms with Gasteiger partial charge < -0.3 is 10.2 Å². The Morgan fingerprint density at radius 1 is 1.38 bits per heavy atom. The Hall–Kier alpha value is -2.44. The van der Waals surface area contributed by atoms with Gasteiger partial charge in [0.1, 0.15) is 6.54 Å². The van der Waals surface area contributed by atoms with Gasteiger partial charge in [-0.05, 0) is 43.7 Å². The predicted molar refractivity (Wildman–Crippen MR) is 87.1 cm³/mol. The van der Waals surface area contributed by atoms with E-state index in [1.54, 1.807) is 4.90 Å². The molecule has 0 unspecified atom stereocenters. The van der Waals surface area contributed by atoms with Crippen LogP contribution in [0.4, 0.5) is 4.79 Å². The molecule has 2 saturated heterocycles.